The first-order valence-corrected chi connectivity index (χ1v) is 5.92. The lowest BCUT2D eigenvalue weighted by atomic mass is 10.0. The van der Waals surface area contributed by atoms with E-state index in [1.165, 1.54) is 18.4 Å². The zero-order valence-electron chi connectivity index (χ0n) is 9.96. The number of hydrogen-bond donors (Lipinski definition) is 0. The van der Waals surface area contributed by atoms with Crippen LogP contribution >= 0.6 is 11.6 Å². The molecule has 0 bridgehead atoms. The molecule has 0 radical (unpaired) electrons. The smallest absolute Gasteiger partial charge is 0.232 e. The molecule has 1 atom stereocenters. The van der Waals surface area contributed by atoms with Crippen LogP contribution in [0.1, 0.15) is 30.0 Å². The van der Waals surface area contributed by atoms with Gasteiger partial charge in [-0.15, -0.1) is 0 Å². The Balaban J connectivity index is 2.38. The molecule has 16 heavy (non-hydrogen) atoms. The summed E-state index contributed by atoms with van der Waals surface area (Å²) in [7, 11) is 3.74. The van der Waals surface area contributed by atoms with E-state index in [-0.39, 0.29) is 0 Å². The Morgan fingerprint density at radius 2 is 2.31 bits per heavy atom. The molecule has 1 saturated heterocycles. The summed E-state index contributed by atoms with van der Waals surface area (Å²) in [6.45, 7) is 3.18. The molecule has 0 aliphatic carbocycles. The van der Waals surface area contributed by atoms with Crippen LogP contribution < -0.4 is 4.74 Å². The maximum Gasteiger partial charge on any atom is 0.232 e. The Kier molecular flexibility index (Phi) is 3.36. The van der Waals surface area contributed by atoms with Crippen LogP contribution in [0.15, 0.2) is 6.20 Å². The molecule has 4 heteroatoms. The number of aromatic nitrogens is 1. The van der Waals surface area contributed by atoms with Crippen molar-refractivity contribution in [2.45, 2.75) is 25.8 Å². The fourth-order valence-electron chi connectivity index (χ4n) is 2.35. The summed E-state index contributed by atoms with van der Waals surface area (Å²) in [5.74, 6) is 0.517. The van der Waals surface area contributed by atoms with E-state index in [0.29, 0.717) is 16.9 Å². The first-order chi connectivity index (χ1) is 7.65. The first-order valence-electron chi connectivity index (χ1n) is 5.54. The molecule has 0 amide bonds. The van der Waals surface area contributed by atoms with Crippen molar-refractivity contribution in [3.8, 4) is 5.88 Å². The zero-order valence-corrected chi connectivity index (χ0v) is 10.7. The summed E-state index contributed by atoms with van der Waals surface area (Å²) >= 11 is 6.22. The summed E-state index contributed by atoms with van der Waals surface area (Å²) in [4.78, 5) is 6.61. The van der Waals surface area contributed by atoms with Gasteiger partial charge in [-0.3, -0.25) is 4.90 Å². The van der Waals surface area contributed by atoms with Crippen molar-refractivity contribution < 1.29 is 4.74 Å². The molecule has 2 heterocycles. The number of nitrogens with zero attached hydrogens (tertiary/aromatic N) is 2. The van der Waals surface area contributed by atoms with Crippen molar-refractivity contribution in [3.63, 3.8) is 0 Å². The van der Waals surface area contributed by atoms with Crippen molar-refractivity contribution in [2.75, 3.05) is 20.7 Å². The van der Waals surface area contributed by atoms with E-state index < -0.39 is 0 Å². The van der Waals surface area contributed by atoms with Gasteiger partial charge < -0.3 is 4.74 Å². The predicted octanol–water partition coefficient (Wildman–Crippen LogP) is 2.82. The number of halogens is 1. The average molecular weight is 241 g/mol. The van der Waals surface area contributed by atoms with E-state index >= 15 is 0 Å². The monoisotopic (exact) mass is 240 g/mol. The number of methoxy groups -OCH3 is 1. The topological polar surface area (TPSA) is 25.4 Å². The molecule has 1 aromatic heterocycles. The van der Waals surface area contributed by atoms with Gasteiger partial charge in [-0.05, 0) is 44.5 Å². The average Bonchev–Trinajstić information content (AvgIpc) is 2.69. The Morgan fingerprint density at radius 3 is 2.88 bits per heavy atom. The van der Waals surface area contributed by atoms with Gasteiger partial charge in [0.25, 0.3) is 0 Å². The Hall–Kier alpha value is -0.800. The summed E-state index contributed by atoms with van der Waals surface area (Å²) in [6.07, 6.45) is 4.32. The molecule has 1 aromatic rings. The quantitative estimate of drug-likeness (QED) is 0.795. The van der Waals surface area contributed by atoms with Gasteiger partial charge in [0.2, 0.25) is 5.88 Å². The van der Waals surface area contributed by atoms with Gasteiger partial charge in [-0.2, -0.15) is 0 Å². The lowest BCUT2D eigenvalue weighted by Gasteiger charge is -2.22. The highest BCUT2D eigenvalue weighted by Gasteiger charge is 2.25. The van der Waals surface area contributed by atoms with Crippen LogP contribution in [-0.4, -0.2) is 30.6 Å². The number of rotatable bonds is 2. The van der Waals surface area contributed by atoms with Crippen LogP contribution in [0.3, 0.4) is 0 Å². The lowest BCUT2D eigenvalue weighted by Crippen LogP contribution is -2.18. The van der Waals surface area contributed by atoms with Crippen LogP contribution in [0.4, 0.5) is 0 Å². The summed E-state index contributed by atoms with van der Waals surface area (Å²) < 4.78 is 5.11. The second-order valence-electron chi connectivity index (χ2n) is 4.30. The predicted molar refractivity (Wildman–Crippen MR) is 65.1 cm³/mol. The highest BCUT2D eigenvalue weighted by Crippen LogP contribution is 2.36. The first kappa shape index (κ1) is 11.7. The van der Waals surface area contributed by atoms with E-state index in [0.717, 1.165) is 12.1 Å². The third kappa shape index (κ3) is 1.89. The van der Waals surface area contributed by atoms with E-state index in [2.05, 4.69) is 16.9 Å². The molecule has 0 N–H and O–H groups in total. The molecular formula is C12H17ClN2O. The summed E-state index contributed by atoms with van der Waals surface area (Å²) in [6, 6.07) is 0.455. The zero-order chi connectivity index (χ0) is 11.7. The molecule has 1 aliphatic rings. The fourth-order valence-corrected chi connectivity index (χ4v) is 2.59. The molecular weight excluding hydrogens is 224 g/mol. The van der Waals surface area contributed by atoms with Gasteiger partial charge in [-0.1, -0.05) is 11.6 Å². The maximum absolute atomic E-state index is 6.22. The molecule has 1 aliphatic heterocycles. The van der Waals surface area contributed by atoms with E-state index in [1.54, 1.807) is 7.11 Å². The number of likely N-dealkylation sites (tertiary alicyclic amines) is 1. The van der Waals surface area contributed by atoms with Gasteiger partial charge in [0.1, 0.15) is 5.02 Å². The van der Waals surface area contributed by atoms with Crippen molar-refractivity contribution >= 4 is 11.6 Å². The molecule has 3 nitrogen and oxygen atoms in total. The van der Waals surface area contributed by atoms with Crippen molar-refractivity contribution in [2.24, 2.45) is 0 Å². The van der Waals surface area contributed by atoms with Crippen molar-refractivity contribution in [1.82, 2.24) is 9.88 Å². The molecule has 2 rings (SSSR count). The largest absolute Gasteiger partial charge is 0.480 e. The minimum absolute atomic E-state index is 0.455. The minimum atomic E-state index is 0.455. The molecule has 0 spiro atoms. The van der Waals surface area contributed by atoms with Crippen LogP contribution in [0, 0.1) is 6.92 Å². The van der Waals surface area contributed by atoms with Crippen LogP contribution in [-0.2, 0) is 0 Å². The Bertz CT molecular complexity index is 395. The second kappa shape index (κ2) is 4.60. The highest BCUT2D eigenvalue weighted by atomic mass is 35.5. The van der Waals surface area contributed by atoms with Gasteiger partial charge in [0.15, 0.2) is 0 Å². The Labute approximate surface area is 101 Å². The fraction of sp³-hybridized carbons (Fsp3) is 0.583. The van der Waals surface area contributed by atoms with Crippen LogP contribution in [0.2, 0.25) is 5.02 Å². The molecule has 0 saturated carbocycles. The Morgan fingerprint density at radius 1 is 1.56 bits per heavy atom. The number of pyridine rings is 1. The molecule has 0 unspecified atom stereocenters. The van der Waals surface area contributed by atoms with Gasteiger partial charge >= 0.3 is 0 Å². The maximum atomic E-state index is 6.22. The SMILES string of the molecule is COc1ncc([C@@H]2CCCN2C)c(C)c1Cl. The highest BCUT2D eigenvalue weighted by molar-refractivity contribution is 6.32. The van der Waals surface area contributed by atoms with Gasteiger partial charge in [0, 0.05) is 12.2 Å². The van der Waals surface area contributed by atoms with Crippen molar-refractivity contribution in [1.29, 1.82) is 0 Å². The number of hydrogen-bond acceptors (Lipinski definition) is 3. The minimum Gasteiger partial charge on any atom is -0.480 e. The third-order valence-corrected chi connectivity index (χ3v) is 3.79. The number of ether oxygens (including phenoxy) is 1. The second-order valence-corrected chi connectivity index (χ2v) is 4.68. The molecule has 0 aromatic carbocycles. The molecule has 88 valence electrons. The summed E-state index contributed by atoms with van der Waals surface area (Å²) in [5.41, 5.74) is 2.32. The van der Waals surface area contributed by atoms with E-state index in [4.69, 9.17) is 16.3 Å². The standard InChI is InChI=1S/C12H17ClN2O/c1-8-9(10-5-4-6-15(10)2)7-14-12(16-3)11(8)13/h7,10H,4-6H2,1-3H3/t10-/m0/s1. The summed E-state index contributed by atoms with van der Waals surface area (Å²) in [5, 5.41) is 0.639. The van der Waals surface area contributed by atoms with Gasteiger partial charge in [0.05, 0.1) is 7.11 Å². The van der Waals surface area contributed by atoms with Gasteiger partial charge in [-0.25, -0.2) is 4.98 Å². The molecule has 1 fully saturated rings. The lowest BCUT2D eigenvalue weighted by molar-refractivity contribution is 0.315. The third-order valence-electron chi connectivity index (χ3n) is 3.34. The van der Waals surface area contributed by atoms with E-state index in [9.17, 15) is 0 Å². The van der Waals surface area contributed by atoms with E-state index in [1.807, 2.05) is 13.1 Å². The van der Waals surface area contributed by atoms with Crippen molar-refractivity contribution in [3.05, 3.63) is 22.3 Å². The van der Waals surface area contributed by atoms with Crippen LogP contribution in [0.5, 0.6) is 5.88 Å². The normalized spacial score (nSPS) is 21.4. The van der Waals surface area contributed by atoms with Crippen LogP contribution in [0.25, 0.3) is 0 Å².